The minimum absolute atomic E-state index is 0.0334. The van der Waals surface area contributed by atoms with Gasteiger partial charge in [0, 0.05) is 17.5 Å². The van der Waals surface area contributed by atoms with Gasteiger partial charge in [0.25, 0.3) is 11.8 Å². The van der Waals surface area contributed by atoms with Gasteiger partial charge in [0.1, 0.15) is 6.54 Å². The van der Waals surface area contributed by atoms with E-state index in [1.807, 2.05) is 0 Å². The summed E-state index contributed by atoms with van der Waals surface area (Å²) in [6.45, 7) is -0.101. The van der Waals surface area contributed by atoms with Crippen molar-refractivity contribution < 1.29 is 22.8 Å². The highest BCUT2D eigenvalue weighted by atomic mass is 32.2. The van der Waals surface area contributed by atoms with Gasteiger partial charge in [-0.3, -0.25) is 19.3 Å². The third kappa shape index (κ3) is 4.23. The highest BCUT2D eigenvalue weighted by molar-refractivity contribution is 7.90. The fraction of sp³-hybridized carbons (Fsp3) is 0.0870. The van der Waals surface area contributed by atoms with Crippen LogP contribution in [0.3, 0.4) is 0 Å². The van der Waals surface area contributed by atoms with Crippen LogP contribution in [0.1, 0.15) is 20.7 Å². The molecule has 3 amide bonds. The van der Waals surface area contributed by atoms with Crippen molar-refractivity contribution in [3.63, 3.8) is 0 Å². The van der Waals surface area contributed by atoms with E-state index >= 15 is 0 Å². The summed E-state index contributed by atoms with van der Waals surface area (Å²) in [4.78, 5) is 39.0. The molecule has 1 heterocycles. The van der Waals surface area contributed by atoms with Gasteiger partial charge in [-0.25, -0.2) is 8.42 Å². The third-order valence-corrected chi connectivity index (χ3v) is 6.09. The van der Waals surface area contributed by atoms with E-state index < -0.39 is 15.7 Å². The molecule has 2 N–H and O–H groups in total. The molecule has 0 saturated carbocycles. The lowest BCUT2D eigenvalue weighted by atomic mass is 10.1. The number of hydrogen-bond donors (Lipinski definition) is 2. The summed E-state index contributed by atoms with van der Waals surface area (Å²) in [7, 11) is -3.57. The number of carbonyl (C=O) groups is 3. The van der Waals surface area contributed by atoms with Crippen LogP contribution < -0.4 is 15.5 Å². The van der Waals surface area contributed by atoms with Gasteiger partial charge in [-0.2, -0.15) is 0 Å². The fourth-order valence-corrected chi connectivity index (χ4v) is 4.33. The third-order valence-electron chi connectivity index (χ3n) is 4.94. The summed E-state index contributed by atoms with van der Waals surface area (Å²) in [5, 5.41) is 5.38. The first-order chi connectivity index (χ1) is 15.2. The van der Waals surface area contributed by atoms with Crippen LogP contribution in [-0.4, -0.2) is 38.9 Å². The van der Waals surface area contributed by atoms with Crippen molar-refractivity contribution in [1.29, 1.82) is 0 Å². The summed E-state index contributed by atoms with van der Waals surface area (Å²) >= 11 is 0. The molecule has 0 fully saturated rings. The standard InChI is InChI=1S/C23H19N3O5S/c1-32(30,31)20-9-5-2-6-17(20)22(28)24-16-12-10-15(11-13-16)23(29)26-14-21(27)25-18-7-3-4-8-19(18)26/h2-13H,14H2,1H3,(H,24,28)(H,25,27). The Morgan fingerprint density at radius 2 is 1.59 bits per heavy atom. The molecule has 0 atom stereocenters. The molecule has 0 bridgehead atoms. The second-order valence-electron chi connectivity index (χ2n) is 7.26. The zero-order chi connectivity index (χ0) is 22.9. The van der Waals surface area contributed by atoms with Gasteiger partial charge in [0.15, 0.2) is 9.84 Å². The quantitative estimate of drug-likeness (QED) is 0.636. The maximum Gasteiger partial charge on any atom is 0.258 e. The zero-order valence-electron chi connectivity index (χ0n) is 17.0. The van der Waals surface area contributed by atoms with E-state index in [0.717, 1.165) is 6.26 Å². The van der Waals surface area contributed by atoms with Crippen molar-refractivity contribution >= 4 is 44.6 Å². The number of benzene rings is 3. The van der Waals surface area contributed by atoms with E-state index in [9.17, 15) is 22.8 Å². The largest absolute Gasteiger partial charge is 0.323 e. The highest BCUT2D eigenvalue weighted by Gasteiger charge is 2.27. The predicted molar refractivity (Wildman–Crippen MR) is 121 cm³/mol. The van der Waals surface area contributed by atoms with Crippen molar-refractivity contribution in [2.24, 2.45) is 0 Å². The van der Waals surface area contributed by atoms with E-state index in [1.54, 1.807) is 48.5 Å². The number of nitrogens with zero attached hydrogens (tertiary/aromatic N) is 1. The van der Waals surface area contributed by atoms with Crippen LogP contribution in [0.5, 0.6) is 0 Å². The molecule has 3 aromatic carbocycles. The van der Waals surface area contributed by atoms with Crippen LogP contribution in [-0.2, 0) is 14.6 Å². The van der Waals surface area contributed by atoms with Gasteiger partial charge >= 0.3 is 0 Å². The number of hydrogen-bond acceptors (Lipinski definition) is 5. The Labute approximate surface area is 184 Å². The van der Waals surface area contributed by atoms with Crippen LogP contribution in [0.4, 0.5) is 17.1 Å². The number of rotatable bonds is 4. The Bertz CT molecular complexity index is 1330. The monoisotopic (exact) mass is 449 g/mol. The Balaban J connectivity index is 1.54. The fourth-order valence-electron chi connectivity index (χ4n) is 3.44. The molecule has 162 valence electrons. The SMILES string of the molecule is CS(=O)(=O)c1ccccc1C(=O)Nc1ccc(C(=O)N2CC(=O)Nc3ccccc32)cc1. The molecule has 9 heteroatoms. The number of anilines is 3. The highest BCUT2D eigenvalue weighted by Crippen LogP contribution is 2.30. The lowest BCUT2D eigenvalue weighted by Crippen LogP contribution is -2.42. The van der Waals surface area contributed by atoms with Crippen LogP contribution in [0.15, 0.2) is 77.7 Å². The average Bonchev–Trinajstić information content (AvgIpc) is 2.78. The molecule has 3 aromatic rings. The Morgan fingerprint density at radius 3 is 2.31 bits per heavy atom. The van der Waals surface area contributed by atoms with Crippen LogP contribution >= 0.6 is 0 Å². The number of para-hydroxylation sites is 2. The first-order valence-corrected chi connectivity index (χ1v) is 11.5. The molecular formula is C23H19N3O5S. The Hall–Kier alpha value is -3.98. The molecule has 0 spiro atoms. The van der Waals surface area contributed by atoms with Gasteiger partial charge in [0.05, 0.1) is 21.8 Å². The van der Waals surface area contributed by atoms with Crippen molar-refractivity contribution in [3.05, 3.63) is 83.9 Å². The minimum atomic E-state index is -3.57. The van der Waals surface area contributed by atoms with Crippen LogP contribution in [0, 0.1) is 0 Å². The molecule has 1 aliphatic heterocycles. The summed E-state index contributed by atoms with van der Waals surface area (Å²) in [6, 6.07) is 19.1. The van der Waals surface area contributed by atoms with Crippen molar-refractivity contribution in [1.82, 2.24) is 0 Å². The summed E-state index contributed by atoms with van der Waals surface area (Å²) in [6.07, 6.45) is 1.04. The lowest BCUT2D eigenvalue weighted by Gasteiger charge is -2.29. The maximum atomic E-state index is 13.0. The van der Waals surface area contributed by atoms with E-state index in [4.69, 9.17) is 0 Å². The number of amides is 3. The zero-order valence-corrected chi connectivity index (χ0v) is 17.8. The first kappa shape index (κ1) is 21.3. The second kappa shape index (κ2) is 8.27. The molecule has 32 heavy (non-hydrogen) atoms. The van der Waals surface area contributed by atoms with Gasteiger partial charge in [-0.05, 0) is 48.5 Å². The number of nitrogens with one attached hydrogen (secondary N) is 2. The van der Waals surface area contributed by atoms with E-state index in [1.165, 1.54) is 29.2 Å². The van der Waals surface area contributed by atoms with Gasteiger partial charge in [-0.15, -0.1) is 0 Å². The van der Waals surface area contributed by atoms with Crippen LogP contribution in [0.2, 0.25) is 0 Å². The number of sulfone groups is 1. The molecular weight excluding hydrogens is 430 g/mol. The van der Waals surface area contributed by atoms with Gasteiger partial charge in [-0.1, -0.05) is 24.3 Å². The smallest absolute Gasteiger partial charge is 0.258 e. The maximum absolute atomic E-state index is 13.0. The molecule has 8 nitrogen and oxygen atoms in total. The Kier molecular flexibility index (Phi) is 5.50. The molecule has 4 rings (SSSR count). The van der Waals surface area contributed by atoms with E-state index in [2.05, 4.69) is 10.6 Å². The lowest BCUT2D eigenvalue weighted by molar-refractivity contribution is -0.115. The van der Waals surface area contributed by atoms with Crippen LogP contribution in [0.25, 0.3) is 0 Å². The van der Waals surface area contributed by atoms with E-state index in [-0.39, 0.29) is 28.8 Å². The predicted octanol–water partition coefficient (Wildman–Crippen LogP) is 2.94. The van der Waals surface area contributed by atoms with Crippen molar-refractivity contribution in [2.75, 3.05) is 28.3 Å². The van der Waals surface area contributed by atoms with Crippen molar-refractivity contribution in [3.8, 4) is 0 Å². The molecule has 0 radical (unpaired) electrons. The molecule has 0 saturated heterocycles. The van der Waals surface area contributed by atoms with Crippen molar-refractivity contribution in [2.45, 2.75) is 4.90 Å². The molecule has 0 aromatic heterocycles. The van der Waals surface area contributed by atoms with E-state index in [0.29, 0.717) is 22.6 Å². The normalized spacial score (nSPS) is 13.2. The van der Waals surface area contributed by atoms with Gasteiger partial charge < -0.3 is 10.6 Å². The summed E-state index contributed by atoms with van der Waals surface area (Å²) in [5.41, 5.74) is 1.93. The number of carbonyl (C=O) groups excluding carboxylic acids is 3. The number of fused-ring (bicyclic) bond motifs is 1. The second-order valence-corrected chi connectivity index (χ2v) is 9.24. The topological polar surface area (TPSA) is 113 Å². The first-order valence-electron chi connectivity index (χ1n) is 9.65. The molecule has 0 aliphatic carbocycles. The Morgan fingerprint density at radius 1 is 0.938 bits per heavy atom. The summed E-state index contributed by atoms with van der Waals surface area (Å²) in [5.74, 6) is -1.22. The molecule has 1 aliphatic rings. The summed E-state index contributed by atoms with van der Waals surface area (Å²) < 4.78 is 23.9. The minimum Gasteiger partial charge on any atom is -0.323 e. The van der Waals surface area contributed by atoms with Gasteiger partial charge in [0.2, 0.25) is 5.91 Å². The molecule has 0 unspecified atom stereocenters. The average molecular weight is 449 g/mol.